The highest BCUT2D eigenvalue weighted by molar-refractivity contribution is 5.92. The van der Waals surface area contributed by atoms with Crippen LogP contribution >= 0.6 is 0 Å². The van der Waals surface area contributed by atoms with E-state index < -0.39 is 5.54 Å². The molecule has 1 heterocycles. The highest BCUT2D eigenvalue weighted by Gasteiger charge is 2.49. The monoisotopic (exact) mass is 437 g/mol. The Labute approximate surface area is 189 Å². The van der Waals surface area contributed by atoms with Crippen LogP contribution < -0.4 is 10.6 Å². The van der Waals surface area contributed by atoms with Gasteiger partial charge in [0.05, 0.1) is 5.92 Å². The molecule has 0 aromatic heterocycles. The molecule has 1 fully saturated rings. The number of halogens is 1. The van der Waals surface area contributed by atoms with Gasteiger partial charge in [-0.15, -0.1) is 0 Å². The lowest BCUT2D eigenvalue weighted by Gasteiger charge is -2.49. The van der Waals surface area contributed by atoms with E-state index in [-0.39, 0.29) is 29.3 Å². The number of ketones is 1. The quantitative estimate of drug-likeness (QED) is 0.746. The maximum absolute atomic E-state index is 14.6. The number of piperidine rings is 1. The second-order valence-corrected chi connectivity index (χ2v) is 8.98. The Kier molecular flexibility index (Phi) is 6.33. The van der Waals surface area contributed by atoms with Gasteiger partial charge >= 0.3 is 0 Å². The van der Waals surface area contributed by atoms with Crippen molar-refractivity contribution in [2.24, 2.45) is 5.92 Å². The lowest BCUT2D eigenvalue weighted by atomic mass is 9.72. The number of rotatable bonds is 5. The molecule has 2 aliphatic rings. The average molecular weight is 438 g/mol. The highest BCUT2D eigenvalue weighted by atomic mass is 19.1. The summed E-state index contributed by atoms with van der Waals surface area (Å²) in [4.78, 5) is 28.4. The molecule has 4 rings (SSSR count). The van der Waals surface area contributed by atoms with E-state index in [1.807, 2.05) is 32.0 Å². The van der Waals surface area contributed by atoms with E-state index in [2.05, 4.69) is 27.7 Å². The first-order valence-corrected chi connectivity index (χ1v) is 11.5. The Hall–Kier alpha value is -2.73. The van der Waals surface area contributed by atoms with Gasteiger partial charge in [-0.05, 0) is 61.4 Å². The van der Waals surface area contributed by atoms with Gasteiger partial charge in [0.25, 0.3) is 0 Å². The van der Waals surface area contributed by atoms with Crippen LogP contribution in [-0.4, -0.2) is 43.3 Å². The summed E-state index contributed by atoms with van der Waals surface area (Å²) >= 11 is 0. The Balaban J connectivity index is 1.74. The molecule has 0 saturated carbocycles. The van der Waals surface area contributed by atoms with E-state index >= 15 is 0 Å². The number of carbonyl (C=O) groups excluding carboxylic acids is 2. The molecule has 170 valence electrons. The van der Waals surface area contributed by atoms with Gasteiger partial charge in [0.2, 0.25) is 5.91 Å². The summed E-state index contributed by atoms with van der Waals surface area (Å²) in [7, 11) is 1.66. The number of nitrogens with zero attached hydrogens (tertiary/aromatic N) is 1. The standard InChI is InChI=1S/C26H32FN3O2/c1-4-29-23-15-18(27)14-22-20(23)10-11-24(31)26(22,2)30-13-12-19(17-8-6-5-7-9-17)21(16-30)25(32)28-3/h5-9,14-15,19,21,29H,4,10-13,16H2,1-3H3,(H,28,32)/t19-,21-,26+/m0/s1. The molecule has 1 saturated heterocycles. The van der Waals surface area contributed by atoms with Crippen LogP contribution in [-0.2, 0) is 21.5 Å². The van der Waals surface area contributed by atoms with Crippen LogP contribution in [0.5, 0.6) is 0 Å². The molecule has 2 N–H and O–H groups in total. The van der Waals surface area contributed by atoms with Gasteiger partial charge in [-0.1, -0.05) is 30.3 Å². The van der Waals surface area contributed by atoms with Crippen LogP contribution in [0.1, 0.15) is 49.3 Å². The molecule has 6 heteroatoms. The van der Waals surface area contributed by atoms with Gasteiger partial charge in [0, 0.05) is 38.8 Å². The lowest BCUT2D eigenvalue weighted by molar-refractivity contribution is -0.137. The minimum Gasteiger partial charge on any atom is -0.385 e. The molecular weight excluding hydrogens is 405 g/mol. The number of fused-ring (bicyclic) bond motifs is 1. The summed E-state index contributed by atoms with van der Waals surface area (Å²) in [5.41, 5.74) is 2.70. The minimum absolute atomic E-state index is 0.0248. The van der Waals surface area contributed by atoms with E-state index in [0.717, 1.165) is 28.8 Å². The molecule has 5 nitrogen and oxygen atoms in total. The summed E-state index contributed by atoms with van der Waals surface area (Å²) in [5.74, 6) is -0.482. The van der Waals surface area contributed by atoms with Crippen molar-refractivity contribution in [3.05, 3.63) is 65.0 Å². The third kappa shape index (κ3) is 3.81. The number of carbonyl (C=O) groups is 2. The van der Waals surface area contributed by atoms with Crippen LogP contribution in [0.25, 0.3) is 0 Å². The van der Waals surface area contributed by atoms with Crippen molar-refractivity contribution in [2.75, 3.05) is 32.0 Å². The van der Waals surface area contributed by atoms with Gasteiger partial charge in [-0.2, -0.15) is 0 Å². The van der Waals surface area contributed by atoms with Crippen LogP contribution in [0.15, 0.2) is 42.5 Å². The normalized spacial score (nSPS) is 25.8. The van der Waals surface area contributed by atoms with Gasteiger partial charge < -0.3 is 10.6 Å². The predicted octanol–water partition coefficient (Wildman–Crippen LogP) is 3.84. The zero-order valence-electron chi connectivity index (χ0n) is 19.1. The summed E-state index contributed by atoms with van der Waals surface area (Å²) in [6, 6.07) is 13.1. The molecular formula is C26H32FN3O2. The molecule has 0 spiro atoms. The number of amides is 1. The molecule has 0 bridgehead atoms. The Morgan fingerprint density at radius 2 is 1.97 bits per heavy atom. The van der Waals surface area contributed by atoms with Crippen LogP contribution in [0.2, 0.25) is 0 Å². The molecule has 2 aromatic carbocycles. The van der Waals surface area contributed by atoms with Crippen molar-refractivity contribution in [3.63, 3.8) is 0 Å². The zero-order chi connectivity index (χ0) is 22.9. The zero-order valence-corrected chi connectivity index (χ0v) is 19.1. The summed E-state index contributed by atoms with van der Waals surface area (Å²) in [6.45, 7) is 5.69. The molecule has 1 aliphatic carbocycles. The first-order valence-electron chi connectivity index (χ1n) is 11.5. The predicted molar refractivity (Wildman–Crippen MR) is 124 cm³/mol. The van der Waals surface area contributed by atoms with Crippen molar-refractivity contribution in [2.45, 2.75) is 44.6 Å². The van der Waals surface area contributed by atoms with Crippen molar-refractivity contribution in [3.8, 4) is 0 Å². The second kappa shape index (κ2) is 9.02. The van der Waals surface area contributed by atoms with Gasteiger partial charge in [-0.25, -0.2) is 4.39 Å². The van der Waals surface area contributed by atoms with Crippen molar-refractivity contribution < 1.29 is 14.0 Å². The number of likely N-dealkylation sites (tertiary alicyclic amines) is 1. The molecule has 1 aliphatic heterocycles. The van der Waals surface area contributed by atoms with Crippen LogP contribution in [0.3, 0.4) is 0 Å². The fourth-order valence-corrected chi connectivity index (χ4v) is 5.58. The van der Waals surface area contributed by atoms with E-state index in [1.165, 1.54) is 12.1 Å². The number of benzene rings is 2. The fraction of sp³-hybridized carbons (Fsp3) is 0.462. The van der Waals surface area contributed by atoms with Gasteiger partial charge in [0.15, 0.2) is 5.78 Å². The number of nitrogens with one attached hydrogen (secondary N) is 2. The third-order valence-corrected chi connectivity index (χ3v) is 7.31. The van der Waals surface area contributed by atoms with E-state index in [4.69, 9.17) is 0 Å². The minimum atomic E-state index is -0.951. The Morgan fingerprint density at radius 1 is 1.22 bits per heavy atom. The maximum Gasteiger partial charge on any atom is 0.224 e. The van der Waals surface area contributed by atoms with E-state index in [0.29, 0.717) is 32.5 Å². The largest absolute Gasteiger partial charge is 0.385 e. The number of hydrogen-bond acceptors (Lipinski definition) is 4. The second-order valence-electron chi connectivity index (χ2n) is 8.98. The van der Waals surface area contributed by atoms with Crippen LogP contribution in [0.4, 0.5) is 10.1 Å². The average Bonchev–Trinajstić information content (AvgIpc) is 2.81. The van der Waals surface area contributed by atoms with E-state index in [1.54, 1.807) is 7.05 Å². The maximum atomic E-state index is 14.6. The summed E-state index contributed by atoms with van der Waals surface area (Å²) < 4.78 is 14.6. The molecule has 2 aromatic rings. The van der Waals surface area contributed by atoms with Crippen LogP contribution in [0, 0.1) is 11.7 Å². The third-order valence-electron chi connectivity index (χ3n) is 7.31. The molecule has 0 radical (unpaired) electrons. The topological polar surface area (TPSA) is 61.4 Å². The molecule has 1 amide bonds. The number of Topliss-reactive ketones (excluding diaryl/α,β-unsaturated/α-hetero) is 1. The SMILES string of the molecule is CCNc1cc(F)cc2c1CCC(=O)[C@]2(C)N1CC[C@@H](c2ccccc2)[C@@H](C(=O)NC)C1. The molecule has 0 unspecified atom stereocenters. The number of anilines is 1. The highest BCUT2D eigenvalue weighted by Crippen LogP contribution is 2.44. The fourth-order valence-electron chi connectivity index (χ4n) is 5.58. The van der Waals surface area contributed by atoms with Crippen molar-refractivity contribution in [1.82, 2.24) is 10.2 Å². The van der Waals surface area contributed by atoms with Gasteiger partial charge in [-0.3, -0.25) is 14.5 Å². The molecule has 32 heavy (non-hydrogen) atoms. The van der Waals surface area contributed by atoms with Gasteiger partial charge in [0.1, 0.15) is 11.4 Å². The smallest absolute Gasteiger partial charge is 0.224 e. The first-order chi connectivity index (χ1) is 15.4. The number of hydrogen-bond donors (Lipinski definition) is 2. The van der Waals surface area contributed by atoms with Crippen molar-refractivity contribution >= 4 is 17.4 Å². The first kappa shape index (κ1) is 22.5. The van der Waals surface area contributed by atoms with E-state index in [9.17, 15) is 14.0 Å². The van der Waals surface area contributed by atoms with Crippen molar-refractivity contribution in [1.29, 1.82) is 0 Å². The lowest BCUT2D eigenvalue weighted by Crippen LogP contribution is -2.58. The Morgan fingerprint density at radius 3 is 2.66 bits per heavy atom. The summed E-state index contributed by atoms with van der Waals surface area (Å²) in [6.07, 6.45) is 1.78. The summed E-state index contributed by atoms with van der Waals surface area (Å²) in [5, 5.41) is 6.08. The molecule has 3 atom stereocenters. The Bertz CT molecular complexity index is 1010.